The van der Waals surface area contributed by atoms with Crippen molar-refractivity contribution in [2.24, 2.45) is 11.7 Å². The van der Waals surface area contributed by atoms with Crippen molar-refractivity contribution in [3.63, 3.8) is 0 Å². The Bertz CT molecular complexity index is 609. The number of nitrogens with zero attached hydrogens (tertiary/aromatic N) is 1. The fourth-order valence-electron chi connectivity index (χ4n) is 2.65. The van der Waals surface area contributed by atoms with Crippen molar-refractivity contribution >= 4 is 17.8 Å². The van der Waals surface area contributed by atoms with Crippen LogP contribution in [0.3, 0.4) is 0 Å². The number of primary amides is 1. The number of carbonyl (C=O) groups excluding carboxylic acids is 3. The monoisotopic (exact) mass is 334 g/mol. The van der Waals surface area contributed by atoms with Crippen LogP contribution in [0.2, 0.25) is 0 Å². The molecule has 1 heterocycles. The average Bonchev–Trinajstić information content (AvgIpc) is 2.60. The Morgan fingerprint density at radius 3 is 2.50 bits per heavy atom. The third-order valence-electron chi connectivity index (χ3n) is 3.97. The van der Waals surface area contributed by atoms with Gasteiger partial charge in [0.05, 0.1) is 18.1 Å². The van der Waals surface area contributed by atoms with E-state index >= 15 is 0 Å². The number of esters is 1. The molecule has 130 valence electrons. The molecule has 2 rings (SSSR count). The van der Waals surface area contributed by atoms with E-state index in [1.165, 1.54) is 0 Å². The van der Waals surface area contributed by atoms with Gasteiger partial charge in [-0.15, -0.1) is 0 Å². The highest BCUT2D eigenvalue weighted by Gasteiger charge is 2.28. The van der Waals surface area contributed by atoms with E-state index < -0.39 is 5.91 Å². The molecule has 7 nitrogen and oxygen atoms in total. The number of benzene rings is 1. The Hall–Kier alpha value is -2.57. The van der Waals surface area contributed by atoms with Gasteiger partial charge in [0, 0.05) is 13.1 Å². The quantitative estimate of drug-likeness (QED) is 0.782. The van der Waals surface area contributed by atoms with Gasteiger partial charge in [-0.25, -0.2) is 0 Å². The molecule has 0 unspecified atom stereocenters. The van der Waals surface area contributed by atoms with Gasteiger partial charge in [0.15, 0.2) is 6.61 Å². The van der Waals surface area contributed by atoms with Crippen molar-refractivity contribution < 1.29 is 23.9 Å². The molecule has 0 saturated carbocycles. The molecule has 0 spiro atoms. The number of hydrogen-bond acceptors (Lipinski definition) is 5. The molecule has 0 atom stereocenters. The van der Waals surface area contributed by atoms with Gasteiger partial charge in [0.25, 0.3) is 11.8 Å². The predicted octanol–water partition coefficient (Wildman–Crippen LogP) is 0.966. The second-order valence-electron chi connectivity index (χ2n) is 5.56. The van der Waals surface area contributed by atoms with Crippen LogP contribution in [0.25, 0.3) is 0 Å². The van der Waals surface area contributed by atoms with E-state index in [1.807, 2.05) is 0 Å². The predicted molar refractivity (Wildman–Crippen MR) is 86.4 cm³/mol. The zero-order valence-corrected chi connectivity index (χ0v) is 13.7. The Morgan fingerprint density at radius 1 is 1.21 bits per heavy atom. The third-order valence-corrected chi connectivity index (χ3v) is 3.97. The molecule has 1 saturated heterocycles. The van der Waals surface area contributed by atoms with Gasteiger partial charge in [-0.3, -0.25) is 14.4 Å². The smallest absolute Gasteiger partial charge is 0.309 e. The fourth-order valence-corrected chi connectivity index (χ4v) is 2.65. The molecule has 2 amide bonds. The van der Waals surface area contributed by atoms with Crippen molar-refractivity contribution in [1.29, 1.82) is 0 Å². The van der Waals surface area contributed by atoms with Gasteiger partial charge in [0.2, 0.25) is 0 Å². The molecule has 0 aromatic heterocycles. The van der Waals surface area contributed by atoms with E-state index in [2.05, 4.69) is 0 Å². The molecule has 2 N–H and O–H groups in total. The first-order valence-corrected chi connectivity index (χ1v) is 7.99. The molecule has 24 heavy (non-hydrogen) atoms. The van der Waals surface area contributed by atoms with Crippen LogP contribution < -0.4 is 10.5 Å². The first-order valence-electron chi connectivity index (χ1n) is 7.99. The number of para-hydroxylation sites is 1. The Labute approximate surface area is 140 Å². The first kappa shape index (κ1) is 17.8. The van der Waals surface area contributed by atoms with Gasteiger partial charge in [-0.1, -0.05) is 12.1 Å². The lowest BCUT2D eigenvalue weighted by atomic mass is 9.97. The van der Waals surface area contributed by atoms with Crippen LogP contribution >= 0.6 is 0 Å². The molecule has 7 heteroatoms. The summed E-state index contributed by atoms with van der Waals surface area (Å²) in [5, 5.41) is 0. The number of nitrogens with two attached hydrogens (primary N) is 1. The summed E-state index contributed by atoms with van der Waals surface area (Å²) in [5.74, 6) is -0.841. The maximum absolute atomic E-state index is 12.2. The lowest BCUT2D eigenvalue weighted by molar-refractivity contribution is -0.151. The van der Waals surface area contributed by atoms with Crippen LogP contribution in [0.1, 0.15) is 30.1 Å². The maximum atomic E-state index is 12.2. The maximum Gasteiger partial charge on any atom is 0.309 e. The summed E-state index contributed by atoms with van der Waals surface area (Å²) in [5.41, 5.74) is 5.52. The Kier molecular flexibility index (Phi) is 6.17. The van der Waals surface area contributed by atoms with Crippen LogP contribution in [-0.2, 0) is 14.3 Å². The second-order valence-corrected chi connectivity index (χ2v) is 5.56. The SMILES string of the molecule is CCOC(=O)C1CCN(C(=O)COc2ccccc2C(N)=O)CC1. The molecular formula is C17H22N2O5. The highest BCUT2D eigenvalue weighted by Crippen LogP contribution is 2.20. The number of hydrogen-bond donors (Lipinski definition) is 1. The van der Waals surface area contributed by atoms with Gasteiger partial charge in [0.1, 0.15) is 5.75 Å². The van der Waals surface area contributed by atoms with Crippen molar-refractivity contribution in [1.82, 2.24) is 4.90 Å². The molecule has 1 fully saturated rings. The van der Waals surface area contributed by atoms with Crippen molar-refractivity contribution in [2.75, 3.05) is 26.3 Å². The van der Waals surface area contributed by atoms with Gasteiger partial charge < -0.3 is 20.1 Å². The van der Waals surface area contributed by atoms with Gasteiger partial charge in [-0.2, -0.15) is 0 Å². The highest BCUT2D eigenvalue weighted by atomic mass is 16.5. The Balaban J connectivity index is 1.84. The average molecular weight is 334 g/mol. The fraction of sp³-hybridized carbons (Fsp3) is 0.471. The number of piperidine rings is 1. The summed E-state index contributed by atoms with van der Waals surface area (Å²) >= 11 is 0. The molecule has 0 bridgehead atoms. The number of amides is 2. The minimum absolute atomic E-state index is 0.148. The van der Waals surface area contributed by atoms with Crippen LogP contribution in [0, 0.1) is 5.92 Å². The van der Waals surface area contributed by atoms with E-state index in [0.717, 1.165) is 0 Å². The normalized spacial score (nSPS) is 15.0. The molecular weight excluding hydrogens is 312 g/mol. The van der Waals surface area contributed by atoms with E-state index in [-0.39, 0.29) is 30.0 Å². The molecule has 1 aromatic rings. The number of ether oxygens (including phenoxy) is 2. The summed E-state index contributed by atoms with van der Waals surface area (Å²) in [4.78, 5) is 36.9. The van der Waals surface area contributed by atoms with Gasteiger partial charge >= 0.3 is 5.97 Å². The summed E-state index contributed by atoms with van der Waals surface area (Å²) in [6, 6.07) is 6.53. The lowest BCUT2D eigenvalue weighted by Gasteiger charge is -2.30. The van der Waals surface area contributed by atoms with E-state index in [1.54, 1.807) is 36.1 Å². The highest BCUT2D eigenvalue weighted by molar-refractivity contribution is 5.95. The van der Waals surface area contributed by atoms with Crippen LogP contribution in [0.5, 0.6) is 5.75 Å². The third kappa shape index (κ3) is 4.47. The largest absolute Gasteiger partial charge is 0.483 e. The number of rotatable bonds is 6. The molecule has 1 aromatic carbocycles. The van der Waals surface area contributed by atoms with Crippen molar-refractivity contribution in [2.45, 2.75) is 19.8 Å². The summed E-state index contributed by atoms with van der Waals surface area (Å²) < 4.78 is 10.4. The summed E-state index contributed by atoms with van der Waals surface area (Å²) in [6.45, 7) is 2.95. The molecule has 0 radical (unpaired) electrons. The molecule has 1 aliphatic heterocycles. The first-order chi connectivity index (χ1) is 11.5. The van der Waals surface area contributed by atoms with Crippen LogP contribution in [-0.4, -0.2) is 49.0 Å². The number of likely N-dealkylation sites (tertiary alicyclic amines) is 1. The Morgan fingerprint density at radius 2 is 1.88 bits per heavy atom. The zero-order chi connectivity index (χ0) is 17.5. The minimum atomic E-state index is -0.603. The van der Waals surface area contributed by atoms with Crippen LogP contribution in [0.15, 0.2) is 24.3 Å². The van der Waals surface area contributed by atoms with Crippen molar-refractivity contribution in [3.8, 4) is 5.75 Å². The lowest BCUT2D eigenvalue weighted by Crippen LogP contribution is -2.42. The van der Waals surface area contributed by atoms with E-state index in [4.69, 9.17) is 15.2 Å². The van der Waals surface area contributed by atoms with Gasteiger partial charge in [-0.05, 0) is 31.9 Å². The molecule has 1 aliphatic rings. The minimum Gasteiger partial charge on any atom is -0.483 e. The number of carbonyl (C=O) groups is 3. The topological polar surface area (TPSA) is 98.9 Å². The van der Waals surface area contributed by atoms with E-state index in [9.17, 15) is 14.4 Å². The second kappa shape index (κ2) is 8.33. The summed E-state index contributed by atoms with van der Waals surface area (Å²) in [6.07, 6.45) is 1.17. The van der Waals surface area contributed by atoms with Crippen LogP contribution in [0.4, 0.5) is 0 Å². The van der Waals surface area contributed by atoms with Crippen molar-refractivity contribution in [3.05, 3.63) is 29.8 Å². The standard InChI is InChI=1S/C17H22N2O5/c1-2-23-17(22)12-7-9-19(10-8-12)15(20)11-24-14-6-4-3-5-13(14)16(18)21/h3-6,12H,2,7-11H2,1H3,(H2,18,21). The molecule has 0 aliphatic carbocycles. The van der Waals surface area contributed by atoms with E-state index in [0.29, 0.717) is 38.3 Å². The zero-order valence-electron chi connectivity index (χ0n) is 13.7. The summed E-state index contributed by atoms with van der Waals surface area (Å²) in [7, 11) is 0.